The van der Waals surface area contributed by atoms with Crippen LogP contribution in [0.15, 0.2) is 12.1 Å². The Morgan fingerprint density at radius 1 is 1.20 bits per heavy atom. The van der Waals surface area contributed by atoms with Gasteiger partial charge in [-0.25, -0.2) is 4.39 Å². The minimum atomic E-state index is -0.155. The van der Waals surface area contributed by atoms with Gasteiger partial charge in [0.1, 0.15) is 5.82 Å². The molecule has 3 nitrogen and oxygen atoms in total. The van der Waals surface area contributed by atoms with Gasteiger partial charge in [-0.2, -0.15) is 0 Å². The average molecular weight is 277 g/mol. The van der Waals surface area contributed by atoms with E-state index in [4.69, 9.17) is 5.73 Å². The molecule has 1 saturated carbocycles. The summed E-state index contributed by atoms with van der Waals surface area (Å²) >= 11 is 0. The molecule has 2 aliphatic rings. The van der Waals surface area contributed by atoms with Crippen LogP contribution in [-0.2, 0) is 0 Å². The van der Waals surface area contributed by atoms with Gasteiger partial charge in [0, 0.05) is 44.0 Å². The second-order valence-corrected chi connectivity index (χ2v) is 6.20. The van der Waals surface area contributed by atoms with E-state index in [-0.39, 0.29) is 11.9 Å². The molecule has 20 heavy (non-hydrogen) atoms. The van der Waals surface area contributed by atoms with E-state index >= 15 is 0 Å². The summed E-state index contributed by atoms with van der Waals surface area (Å²) in [5.74, 6) is -0.155. The van der Waals surface area contributed by atoms with Crippen LogP contribution in [0.25, 0.3) is 0 Å². The Hall–Kier alpha value is -1.13. The Morgan fingerprint density at radius 3 is 2.40 bits per heavy atom. The second-order valence-electron chi connectivity index (χ2n) is 6.20. The number of rotatable bonds is 3. The molecule has 4 heteroatoms. The fraction of sp³-hybridized carbons (Fsp3) is 0.625. The molecule has 0 spiro atoms. The van der Waals surface area contributed by atoms with Gasteiger partial charge in [-0.3, -0.25) is 4.90 Å². The third kappa shape index (κ3) is 2.67. The highest BCUT2D eigenvalue weighted by molar-refractivity contribution is 5.57. The summed E-state index contributed by atoms with van der Waals surface area (Å²) in [6.07, 6.45) is 2.72. The first kappa shape index (κ1) is 13.8. The summed E-state index contributed by atoms with van der Waals surface area (Å²) in [4.78, 5) is 4.95. The number of nitrogens with two attached hydrogens (primary N) is 1. The lowest BCUT2D eigenvalue weighted by atomic mass is 10.0. The molecule has 0 aromatic heterocycles. The van der Waals surface area contributed by atoms with Gasteiger partial charge in [0.2, 0.25) is 0 Å². The highest BCUT2D eigenvalue weighted by atomic mass is 19.1. The van der Waals surface area contributed by atoms with Gasteiger partial charge < -0.3 is 10.6 Å². The fourth-order valence-electron chi connectivity index (χ4n) is 3.09. The standard InChI is InChI=1S/C16H24FN3/c1-11-9-16(14(12(2)18)10-15(11)17)20-7-5-19(6-8-20)13-3-4-13/h9-10,12-13H,3-8,18H2,1-2H3/t12-/m0/s1. The zero-order valence-corrected chi connectivity index (χ0v) is 12.4. The monoisotopic (exact) mass is 277 g/mol. The Kier molecular flexibility index (Phi) is 3.69. The predicted molar refractivity (Wildman–Crippen MR) is 80.5 cm³/mol. The first-order valence-corrected chi connectivity index (χ1v) is 7.61. The quantitative estimate of drug-likeness (QED) is 0.921. The number of benzene rings is 1. The van der Waals surface area contributed by atoms with Gasteiger partial charge in [0.25, 0.3) is 0 Å². The third-order valence-electron chi connectivity index (χ3n) is 4.52. The van der Waals surface area contributed by atoms with Crippen LogP contribution in [0.1, 0.15) is 36.9 Å². The Labute approximate surface area is 120 Å². The van der Waals surface area contributed by atoms with Crippen molar-refractivity contribution >= 4 is 5.69 Å². The Bertz CT molecular complexity index is 489. The number of aryl methyl sites for hydroxylation is 1. The lowest BCUT2D eigenvalue weighted by Crippen LogP contribution is -2.47. The van der Waals surface area contributed by atoms with E-state index in [2.05, 4.69) is 9.80 Å². The first-order chi connectivity index (χ1) is 9.56. The molecule has 1 aliphatic heterocycles. The van der Waals surface area contributed by atoms with E-state index < -0.39 is 0 Å². The van der Waals surface area contributed by atoms with Crippen molar-refractivity contribution in [2.75, 3.05) is 31.1 Å². The number of halogens is 1. The molecule has 2 N–H and O–H groups in total. The van der Waals surface area contributed by atoms with E-state index in [1.165, 1.54) is 12.8 Å². The van der Waals surface area contributed by atoms with Crippen molar-refractivity contribution in [2.45, 2.75) is 38.8 Å². The molecular formula is C16H24FN3. The first-order valence-electron chi connectivity index (χ1n) is 7.61. The Morgan fingerprint density at radius 2 is 1.85 bits per heavy atom. The lowest BCUT2D eigenvalue weighted by molar-refractivity contribution is 0.248. The predicted octanol–water partition coefficient (Wildman–Crippen LogP) is 2.44. The molecular weight excluding hydrogens is 253 g/mol. The molecule has 0 amide bonds. The van der Waals surface area contributed by atoms with Crippen molar-refractivity contribution < 1.29 is 4.39 Å². The van der Waals surface area contributed by atoms with E-state index in [1.54, 1.807) is 6.07 Å². The molecule has 0 bridgehead atoms. The summed E-state index contributed by atoms with van der Waals surface area (Å²) in [6, 6.07) is 4.27. The van der Waals surface area contributed by atoms with E-state index in [0.717, 1.165) is 43.5 Å². The van der Waals surface area contributed by atoms with Crippen LogP contribution in [-0.4, -0.2) is 37.1 Å². The van der Waals surface area contributed by atoms with Crippen molar-refractivity contribution in [3.63, 3.8) is 0 Å². The number of piperazine rings is 1. The van der Waals surface area contributed by atoms with Crippen LogP contribution in [0.3, 0.4) is 0 Å². The molecule has 2 fully saturated rings. The molecule has 1 atom stereocenters. The lowest BCUT2D eigenvalue weighted by Gasteiger charge is -2.37. The van der Waals surface area contributed by atoms with Crippen molar-refractivity contribution in [3.8, 4) is 0 Å². The van der Waals surface area contributed by atoms with Crippen LogP contribution >= 0.6 is 0 Å². The fourth-order valence-corrected chi connectivity index (χ4v) is 3.09. The van der Waals surface area contributed by atoms with Crippen molar-refractivity contribution in [1.82, 2.24) is 4.90 Å². The van der Waals surface area contributed by atoms with Crippen molar-refractivity contribution in [1.29, 1.82) is 0 Å². The van der Waals surface area contributed by atoms with Gasteiger partial charge in [-0.1, -0.05) is 0 Å². The maximum absolute atomic E-state index is 13.8. The highest BCUT2D eigenvalue weighted by Crippen LogP contribution is 2.32. The van der Waals surface area contributed by atoms with Crippen LogP contribution < -0.4 is 10.6 Å². The van der Waals surface area contributed by atoms with E-state index in [0.29, 0.717) is 5.56 Å². The molecule has 0 radical (unpaired) electrons. The Balaban J connectivity index is 1.80. The largest absolute Gasteiger partial charge is 0.369 e. The molecule has 3 rings (SSSR count). The maximum Gasteiger partial charge on any atom is 0.126 e. The SMILES string of the molecule is Cc1cc(N2CCN(C3CC3)CC2)c([C@H](C)N)cc1F. The average Bonchev–Trinajstić information content (AvgIpc) is 3.26. The second kappa shape index (κ2) is 5.34. The highest BCUT2D eigenvalue weighted by Gasteiger charge is 2.31. The van der Waals surface area contributed by atoms with E-state index in [1.807, 2.05) is 19.9 Å². The molecule has 1 aliphatic carbocycles. The van der Waals surface area contributed by atoms with Crippen molar-refractivity contribution in [3.05, 3.63) is 29.1 Å². The van der Waals surface area contributed by atoms with Crippen molar-refractivity contribution in [2.24, 2.45) is 5.73 Å². The number of nitrogens with zero attached hydrogens (tertiary/aromatic N) is 2. The molecule has 1 aromatic rings. The minimum absolute atomic E-state index is 0.137. The summed E-state index contributed by atoms with van der Waals surface area (Å²) in [5, 5.41) is 0. The van der Waals surface area contributed by atoms with Gasteiger partial charge in [0.05, 0.1) is 0 Å². The number of hydrogen-bond acceptors (Lipinski definition) is 3. The minimum Gasteiger partial charge on any atom is -0.369 e. The summed E-state index contributed by atoms with van der Waals surface area (Å²) in [5.41, 5.74) is 8.77. The summed E-state index contributed by atoms with van der Waals surface area (Å²) < 4.78 is 13.8. The topological polar surface area (TPSA) is 32.5 Å². The third-order valence-corrected chi connectivity index (χ3v) is 4.52. The number of anilines is 1. The van der Waals surface area contributed by atoms with Crippen LogP contribution in [0.2, 0.25) is 0 Å². The smallest absolute Gasteiger partial charge is 0.126 e. The normalized spacial score (nSPS) is 22.1. The number of hydrogen-bond donors (Lipinski definition) is 1. The zero-order valence-electron chi connectivity index (χ0n) is 12.4. The summed E-state index contributed by atoms with van der Waals surface area (Å²) in [7, 11) is 0. The maximum atomic E-state index is 13.8. The van der Waals surface area contributed by atoms with Gasteiger partial charge in [-0.05, 0) is 49.9 Å². The summed E-state index contributed by atoms with van der Waals surface area (Å²) in [6.45, 7) is 8.00. The zero-order chi connectivity index (χ0) is 14.3. The van der Waals surface area contributed by atoms with Gasteiger partial charge in [0.15, 0.2) is 0 Å². The molecule has 1 saturated heterocycles. The van der Waals surface area contributed by atoms with Gasteiger partial charge in [-0.15, -0.1) is 0 Å². The van der Waals surface area contributed by atoms with E-state index in [9.17, 15) is 4.39 Å². The van der Waals surface area contributed by atoms with Gasteiger partial charge >= 0.3 is 0 Å². The van der Waals surface area contributed by atoms with Crippen LogP contribution in [0.4, 0.5) is 10.1 Å². The van der Waals surface area contributed by atoms with Crippen LogP contribution in [0, 0.1) is 12.7 Å². The molecule has 1 heterocycles. The molecule has 1 aromatic carbocycles. The molecule has 0 unspecified atom stereocenters. The molecule has 110 valence electrons. The van der Waals surface area contributed by atoms with Crippen LogP contribution in [0.5, 0.6) is 0 Å².